The third-order valence-electron chi connectivity index (χ3n) is 2.15. The van der Waals surface area contributed by atoms with Crippen LogP contribution < -0.4 is 0 Å². The summed E-state index contributed by atoms with van der Waals surface area (Å²) < 4.78 is 19.6. The first-order chi connectivity index (χ1) is 6.59. The van der Waals surface area contributed by atoms with Gasteiger partial charge in [0.25, 0.3) is 0 Å². The van der Waals surface area contributed by atoms with Crippen LogP contribution in [0.4, 0.5) is 0 Å². The summed E-state index contributed by atoms with van der Waals surface area (Å²) in [4.78, 5) is 22.1. The van der Waals surface area contributed by atoms with Crippen LogP contribution in [0.5, 0.6) is 0 Å². The van der Waals surface area contributed by atoms with Gasteiger partial charge in [0.15, 0.2) is 0 Å². The average Bonchev–Trinajstić information content (AvgIpc) is 2.51. The maximum atomic E-state index is 11.3. The number of esters is 2. The van der Waals surface area contributed by atoms with Crippen molar-refractivity contribution in [3.05, 3.63) is 0 Å². The van der Waals surface area contributed by atoms with Crippen LogP contribution in [0, 0.1) is 0 Å². The van der Waals surface area contributed by atoms with Gasteiger partial charge in [0.05, 0.1) is 6.42 Å². The van der Waals surface area contributed by atoms with Crippen molar-refractivity contribution in [3.8, 4) is 0 Å². The lowest BCUT2D eigenvalue weighted by atomic mass is 10.3. The van der Waals surface area contributed by atoms with E-state index in [0.717, 1.165) is 0 Å². The molecule has 0 aromatic heterocycles. The van der Waals surface area contributed by atoms with Crippen molar-refractivity contribution in [2.24, 2.45) is 0 Å². The van der Waals surface area contributed by atoms with Crippen LogP contribution in [-0.2, 0) is 27.6 Å². The Balaban J connectivity index is 2.88. The van der Waals surface area contributed by atoms with Gasteiger partial charge in [-0.25, -0.2) is 0 Å². The SMILES string of the molecule is CO[Si](OC)(OC)C1CC(=O)OC1=O. The number of hydrogen-bond acceptors (Lipinski definition) is 6. The molecule has 0 aromatic rings. The lowest BCUT2D eigenvalue weighted by molar-refractivity contribution is -0.152. The fraction of sp³-hybridized carbons (Fsp3) is 0.714. The molecule has 0 N–H and O–H groups in total. The Morgan fingerprint density at radius 3 is 2.00 bits per heavy atom. The maximum Gasteiger partial charge on any atom is 0.515 e. The van der Waals surface area contributed by atoms with Crippen LogP contribution in [0.1, 0.15) is 6.42 Å². The number of ether oxygens (including phenoxy) is 1. The van der Waals surface area contributed by atoms with Crippen LogP contribution in [0.2, 0.25) is 5.54 Å². The molecule has 0 saturated carbocycles. The van der Waals surface area contributed by atoms with E-state index in [9.17, 15) is 9.59 Å². The maximum absolute atomic E-state index is 11.3. The fourth-order valence-electron chi connectivity index (χ4n) is 1.42. The summed E-state index contributed by atoms with van der Waals surface area (Å²) in [5, 5.41) is 0. The first kappa shape index (κ1) is 11.3. The summed E-state index contributed by atoms with van der Waals surface area (Å²) in [5.74, 6) is -1.20. The van der Waals surface area contributed by atoms with Gasteiger partial charge in [-0.3, -0.25) is 9.59 Å². The van der Waals surface area contributed by atoms with Gasteiger partial charge in [-0.1, -0.05) is 0 Å². The zero-order valence-electron chi connectivity index (χ0n) is 8.23. The van der Waals surface area contributed by atoms with E-state index in [1.165, 1.54) is 21.3 Å². The molecule has 0 spiro atoms. The molecule has 1 rings (SSSR count). The molecule has 14 heavy (non-hydrogen) atoms. The van der Waals surface area contributed by atoms with Crippen LogP contribution >= 0.6 is 0 Å². The van der Waals surface area contributed by atoms with Crippen LogP contribution in [0.3, 0.4) is 0 Å². The second kappa shape index (κ2) is 4.18. The minimum atomic E-state index is -3.08. The van der Waals surface area contributed by atoms with E-state index in [2.05, 4.69) is 4.74 Å². The van der Waals surface area contributed by atoms with Crippen LogP contribution in [0.25, 0.3) is 0 Å². The molecule has 0 radical (unpaired) electrons. The highest BCUT2D eigenvalue weighted by Crippen LogP contribution is 2.33. The Morgan fingerprint density at radius 1 is 1.21 bits per heavy atom. The van der Waals surface area contributed by atoms with Crippen molar-refractivity contribution >= 4 is 20.7 Å². The minimum absolute atomic E-state index is 0.0411. The average molecular weight is 220 g/mol. The topological polar surface area (TPSA) is 71.1 Å². The molecular formula is C7H12O6Si. The zero-order valence-corrected chi connectivity index (χ0v) is 9.23. The molecule has 1 aliphatic rings. The number of cyclic esters (lactones) is 2. The van der Waals surface area contributed by atoms with Gasteiger partial charge in [-0.05, 0) is 0 Å². The first-order valence-electron chi connectivity index (χ1n) is 3.99. The summed E-state index contributed by atoms with van der Waals surface area (Å²) in [6.45, 7) is 0. The molecule has 0 amide bonds. The molecular weight excluding hydrogens is 208 g/mol. The quantitative estimate of drug-likeness (QED) is 0.368. The van der Waals surface area contributed by atoms with Gasteiger partial charge in [0, 0.05) is 21.3 Å². The smallest absolute Gasteiger partial charge is 0.393 e. The number of rotatable bonds is 4. The van der Waals surface area contributed by atoms with Gasteiger partial charge >= 0.3 is 20.7 Å². The van der Waals surface area contributed by atoms with Gasteiger partial charge in [-0.15, -0.1) is 0 Å². The molecule has 6 nitrogen and oxygen atoms in total. The van der Waals surface area contributed by atoms with E-state index >= 15 is 0 Å². The first-order valence-corrected chi connectivity index (χ1v) is 5.79. The fourth-order valence-corrected chi connectivity index (χ4v) is 3.54. The summed E-state index contributed by atoms with van der Waals surface area (Å²) in [6, 6.07) is 0. The van der Waals surface area contributed by atoms with Crippen molar-refractivity contribution in [3.63, 3.8) is 0 Å². The Bertz CT molecular complexity index is 240. The van der Waals surface area contributed by atoms with Crippen LogP contribution in [0.15, 0.2) is 0 Å². The second-order valence-corrected chi connectivity index (χ2v) is 5.89. The molecule has 0 aromatic carbocycles. The highest BCUT2D eigenvalue weighted by atomic mass is 28.4. The molecule has 1 fully saturated rings. The van der Waals surface area contributed by atoms with E-state index in [1.54, 1.807) is 0 Å². The molecule has 80 valence electrons. The second-order valence-electron chi connectivity index (χ2n) is 2.77. The number of hydrogen-bond donors (Lipinski definition) is 0. The standard InChI is InChI=1S/C7H12O6Si/c1-10-14(11-2,12-3)5-4-6(8)13-7(5)9/h5H,4H2,1-3H3. The van der Waals surface area contributed by atoms with Gasteiger partial charge in [-0.2, -0.15) is 0 Å². The van der Waals surface area contributed by atoms with Crippen molar-refractivity contribution in [2.45, 2.75) is 12.0 Å². The summed E-state index contributed by atoms with van der Waals surface area (Å²) in [7, 11) is 1.07. The number of carbonyl (C=O) groups is 2. The van der Waals surface area contributed by atoms with Crippen LogP contribution in [-0.4, -0.2) is 42.1 Å². The molecule has 1 atom stereocenters. The van der Waals surface area contributed by atoms with Gasteiger partial charge in [0.2, 0.25) is 0 Å². The Morgan fingerprint density at radius 2 is 1.71 bits per heavy atom. The van der Waals surface area contributed by atoms with Crippen molar-refractivity contribution < 1.29 is 27.6 Å². The Kier molecular flexibility index (Phi) is 3.37. The minimum Gasteiger partial charge on any atom is -0.393 e. The van der Waals surface area contributed by atoms with E-state index < -0.39 is 26.3 Å². The van der Waals surface area contributed by atoms with E-state index in [1.807, 2.05) is 0 Å². The summed E-state index contributed by atoms with van der Waals surface area (Å²) in [6.07, 6.45) is -0.0411. The van der Waals surface area contributed by atoms with E-state index in [-0.39, 0.29) is 6.42 Å². The summed E-state index contributed by atoms with van der Waals surface area (Å²) in [5.41, 5.74) is -0.741. The predicted octanol–water partition coefficient (Wildman–Crippen LogP) is -0.292. The van der Waals surface area contributed by atoms with Gasteiger partial charge < -0.3 is 18.0 Å². The van der Waals surface area contributed by atoms with E-state index in [0.29, 0.717) is 0 Å². The van der Waals surface area contributed by atoms with E-state index in [4.69, 9.17) is 13.3 Å². The molecule has 0 aliphatic carbocycles. The van der Waals surface area contributed by atoms with Crippen molar-refractivity contribution in [1.82, 2.24) is 0 Å². The number of carbonyl (C=O) groups excluding carboxylic acids is 2. The molecule has 1 saturated heterocycles. The molecule has 7 heteroatoms. The van der Waals surface area contributed by atoms with Crippen molar-refractivity contribution in [2.75, 3.05) is 21.3 Å². The highest BCUT2D eigenvalue weighted by molar-refractivity contribution is 6.67. The summed E-state index contributed by atoms with van der Waals surface area (Å²) >= 11 is 0. The monoisotopic (exact) mass is 220 g/mol. The molecule has 1 unspecified atom stereocenters. The molecule has 1 heterocycles. The molecule has 0 bridgehead atoms. The third-order valence-corrected chi connectivity index (χ3v) is 5.15. The Labute approximate surface area is 82.5 Å². The lowest BCUT2D eigenvalue weighted by Crippen LogP contribution is -2.49. The van der Waals surface area contributed by atoms with Crippen molar-refractivity contribution in [1.29, 1.82) is 0 Å². The highest BCUT2D eigenvalue weighted by Gasteiger charge is 2.57. The lowest BCUT2D eigenvalue weighted by Gasteiger charge is -2.26. The normalized spacial score (nSPS) is 22.6. The van der Waals surface area contributed by atoms with Gasteiger partial charge in [0.1, 0.15) is 5.54 Å². The zero-order chi connectivity index (χ0) is 10.8. The third kappa shape index (κ3) is 1.71. The largest absolute Gasteiger partial charge is 0.515 e. The Hall–Kier alpha value is -0.763. The molecule has 1 aliphatic heterocycles. The predicted molar refractivity (Wildman–Crippen MR) is 46.2 cm³/mol.